The van der Waals surface area contributed by atoms with Crippen molar-refractivity contribution in [1.82, 2.24) is 4.90 Å². The molecule has 0 aliphatic carbocycles. The SMILES string of the molecule is O=C1Nc2ccccc2NC12CCN(CC1CCOC1)CC2. The first kappa shape index (κ1) is 14.0. The third-order valence-electron chi connectivity index (χ3n) is 5.23. The first-order valence-corrected chi connectivity index (χ1v) is 8.24. The van der Waals surface area contributed by atoms with Crippen LogP contribution in [0, 0.1) is 5.92 Å². The molecule has 118 valence electrons. The predicted molar refractivity (Wildman–Crippen MR) is 86.0 cm³/mol. The first-order valence-electron chi connectivity index (χ1n) is 8.24. The highest BCUT2D eigenvalue weighted by Crippen LogP contribution is 2.36. The van der Waals surface area contributed by atoms with Gasteiger partial charge in [0.1, 0.15) is 5.54 Å². The molecule has 3 heterocycles. The van der Waals surface area contributed by atoms with E-state index in [1.54, 1.807) is 0 Å². The number of likely N-dealkylation sites (tertiary alicyclic amines) is 1. The lowest BCUT2D eigenvalue weighted by atomic mass is 9.84. The maximum atomic E-state index is 12.6. The average molecular weight is 301 g/mol. The number of hydrogen-bond acceptors (Lipinski definition) is 4. The number of rotatable bonds is 2. The highest BCUT2D eigenvalue weighted by molar-refractivity contribution is 6.06. The second kappa shape index (κ2) is 5.56. The summed E-state index contributed by atoms with van der Waals surface area (Å²) in [6, 6.07) is 7.94. The van der Waals surface area contributed by atoms with E-state index in [4.69, 9.17) is 4.74 Å². The summed E-state index contributed by atoms with van der Waals surface area (Å²) < 4.78 is 5.46. The fourth-order valence-electron chi connectivity index (χ4n) is 3.82. The molecule has 1 aromatic carbocycles. The largest absolute Gasteiger partial charge is 0.381 e. The van der Waals surface area contributed by atoms with E-state index < -0.39 is 5.54 Å². The Hall–Kier alpha value is -1.59. The van der Waals surface area contributed by atoms with Gasteiger partial charge in [0.05, 0.1) is 18.0 Å². The van der Waals surface area contributed by atoms with Crippen molar-refractivity contribution >= 4 is 17.3 Å². The van der Waals surface area contributed by atoms with Crippen LogP contribution in [0.5, 0.6) is 0 Å². The van der Waals surface area contributed by atoms with Gasteiger partial charge in [0.2, 0.25) is 5.91 Å². The van der Waals surface area contributed by atoms with Crippen LogP contribution in [-0.4, -0.2) is 49.2 Å². The van der Waals surface area contributed by atoms with Gasteiger partial charge in [-0.05, 0) is 37.3 Å². The second-order valence-corrected chi connectivity index (χ2v) is 6.74. The Morgan fingerprint density at radius 1 is 1.23 bits per heavy atom. The number of benzene rings is 1. The van der Waals surface area contributed by atoms with E-state index in [0.29, 0.717) is 5.92 Å². The zero-order valence-electron chi connectivity index (χ0n) is 12.8. The first-order chi connectivity index (χ1) is 10.8. The van der Waals surface area contributed by atoms with E-state index in [9.17, 15) is 4.79 Å². The summed E-state index contributed by atoms with van der Waals surface area (Å²) in [6.07, 6.45) is 2.90. The number of piperidine rings is 1. The minimum atomic E-state index is -0.434. The summed E-state index contributed by atoms with van der Waals surface area (Å²) in [5.41, 5.74) is 1.50. The number of hydrogen-bond donors (Lipinski definition) is 2. The van der Waals surface area contributed by atoms with Crippen LogP contribution in [0.2, 0.25) is 0 Å². The van der Waals surface area contributed by atoms with E-state index in [0.717, 1.165) is 57.1 Å². The molecule has 0 aromatic heterocycles. The van der Waals surface area contributed by atoms with Gasteiger partial charge in [-0.15, -0.1) is 0 Å². The number of ether oxygens (including phenoxy) is 1. The molecule has 2 N–H and O–H groups in total. The van der Waals surface area contributed by atoms with Crippen molar-refractivity contribution in [3.63, 3.8) is 0 Å². The fraction of sp³-hybridized carbons (Fsp3) is 0.588. The van der Waals surface area contributed by atoms with Gasteiger partial charge < -0.3 is 20.3 Å². The molecule has 1 aromatic rings. The Balaban J connectivity index is 1.42. The van der Waals surface area contributed by atoms with Crippen molar-refractivity contribution in [1.29, 1.82) is 0 Å². The molecule has 22 heavy (non-hydrogen) atoms. The number of carbonyl (C=O) groups is 1. The molecular formula is C17H23N3O2. The van der Waals surface area contributed by atoms with Gasteiger partial charge in [0.15, 0.2) is 0 Å². The van der Waals surface area contributed by atoms with Crippen LogP contribution in [0.3, 0.4) is 0 Å². The molecule has 2 saturated heterocycles. The monoisotopic (exact) mass is 301 g/mol. The molecule has 5 heteroatoms. The van der Waals surface area contributed by atoms with E-state index in [1.807, 2.05) is 24.3 Å². The maximum absolute atomic E-state index is 12.6. The zero-order chi connectivity index (χ0) is 15.0. The topological polar surface area (TPSA) is 53.6 Å². The number of nitrogens with zero attached hydrogens (tertiary/aromatic N) is 1. The van der Waals surface area contributed by atoms with Crippen LogP contribution < -0.4 is 10.6 Å². The number of fused-ring (bicyclic) bond motifs is 1. The minimum absolute atomic E-state index is 0.120. The van der Waals surface area contributed by atoms with Gasteiger partial charge >= 0.3 is 0 Å². The van der Waals surface area contributed by atoms with Crippen molar-refractivity contribution in [2.75, 3.05) is 43.5 Å². The van der Waals surface area contributed by atoms with Crippen molar-refractivity contribution in [3.8, 4) is 0 Å². The molecule has 4 rings (SSSR count). The van der Waals surface area contributed by atoms with Gasteiger partial charge in [-0.2, -0.15) is 0 Å². The van der Waals surface area contributed by atoms with Gasteiger partial charge in [0, 0.05) is 26.2 Å². The van der Waals surface area contributed by atoms with Gasteiger partial charge in [0.25, 0.3) is 0 Å². The Kier molecular flexibility index (Phi) is 3.54. The molecule has 1 atom stereocenters. The van der Waals surface area contributed by atoms with Crippen LogP contribution in [0.25, 0.3) is 0 Å². The highest BCUT2D eigenvalue weighted by atomic mass is 16.5. The van der Waals surface area contributed by atoms with Crippen LogP contribution in [0.4, 0.5) is 11.4 Å². The zero-order valence-corrected chi connectivity index (χ0v) is 12.8. The summed E-state index contributed by atoms with van der Waals surface area (Å²) in [5.74, 6) is 0.790. The lowest BCUT2D eigenvalue weighted by Crippen LogP contribution is -2.58. The lowest BCUT2D eigenvalue weighted by Gasteiger charge is -2.44. The third kappa shape index (κ3) is 2.48. The number of carbonyl (C=O) groups excluding carboxylic acids is 1. The van der Waals surface area contributed by atoms with E-state index >= 15 is 0 Å². The van der Waals surface area contributed by atoms with E-state index in [-0.39, 0.29) is 5.91 Å². The molecule has 0 saturated carbocycles. The molecule has 0 radical (unpaired) electrons. The molecule has 1 spiro atoms. The second-order valence-electron chi connectivity index (χ2n) is 6.74. The molecule has 3 aliphatic heterocycles. The van der Waals surface area contributed by atoms with E-state index in [2.05, 4.69) is 15.5 Å². The molecule has 2 fully saturated rings. The average Bonchev–Trinajstić information content (AvgIpc) is 3.04. The number of para-hydroxylation sites is 2. The Morgan fingerprint density at radius 2 is 2.00 bits per heavy atom. The van der Waals surface area contributed by atoms with Crippen molar-refractivity contribution < 1.29 is 9.53 Å². The van der Waals surface area contributed by atoms with Crippen molar-refractivity contribution in [2.24, 2.45) is 5.92 Å². The molecule has 3 aliphatic rings. The number of anilines is 2. The molecule has 1 unspecified atom stereocenters. The minimum Gasteiger partial charge on any atom is -0.381 e. The summed E-state index contributed by atoms with van der Waals surface area (Å²) in [6.45, 7) is 4.85. The maximum Gasteiger partial charge on any atom is 0.250 e. The quantitative estimate of drug-likeness (QED) is 0.876. The number of amides is 1. The van der Waals surface area contributed by atoms with Crippen molar-refractivity contribution in [3.05, 3.63) is 24.3 Å². The highest BCUT2D eigenvalue weighted by Gasteiger charge is 2.44. The van der Waals surface area contributed by atoms with Crippen LogP contribution in [0.15, 0.2) is 24.3 Å². The smallest absolute Gasteiger partial charge is 0.250 e. The summed E-state index contributed by atoms with van der Waals surface area (Å²) in [5, 5.41) is 6.58. The molecule has 5 nitrogen and oxygen atoms in total. The summed E-state index contributed by atoms with van der Waals surface area (Å²) in [7, 11) is 0. The Morgan fingerprint density at radius 3 is 2.73 bits per heavy atom. The molecule has 1 amide bonds. The fourth-order valence-corrected chi connectivity index (χ4v) is 3.82. The third-order valence-corrected chi connectivity index (χ3v) is 5.23. The van der Waals surface area contributed by atoms with Gasteiger partial charge in [-0.25, -0.2) is 0 Å². The van der Waals surface area contributed by atoms with Crippen molar-refractivity contribution in [2.45, 2.75) is 24.8 Å². The number of nitrogens with one attached hydrogen (secondary N) is 2. The van der Waals surface area contributed by atoms with Crippen LogP contribution in [-0.2, 0) is 9.53 Å². The Bertz CT molecular complexity index is 561. The van der Waals surface area contributed by atoms with Gasteiger partial charge in [-0.1, -0.05) is 12.1 Å². The van der Waals surface area contributed by atoms with E-state index in [1.165, 1.54) is 6.42 Å². The lowest BCUT2D eigenvalue weighted by molar-refractivity contribution is -0.122. The van der Waals surface area contributed by atoms with Crippen LogP contribution >= 0.6 is 0 Å². The summed E-state index contributed by atoms with van der Waals surface area (Å²) in [4.78, 5) is 15.1. The Labute approximate surface area is 131 Å². The van der Waals surface area contributed by atoms with Crippen LogP contribution in [0.1, 0.15) is 19.3 Å². The van der Waals surface area contributed by atoms with Gasteiger partial charge in [-0.3, -0.25) is 4.79 Å². The summed E-state index contributed by atoms with van der Waals surface area (Å²) >= 11 is 0. The standard InChI is InChI=1S/C17H23N3O2/c21-16-17(19-15-4-2-1-3-14(15)18-16)6-8-20(9-7-17)11-13-5-10-22-12-13/h1-4,13,19H,5-12H2,(H,18,21). The molecule has 0 bridgehead atoms. The predicted octanol–water partition coefficient (Wildman–Crippen LogP) is 1.92. The molecular weight excluding hydrogens is 278 g/mol. The normalized spacial score (nSPS) is 27.3.